The molecular weight excluding hydrogens is 301 g/mol. The molecule has 0 spiro atoms. The van der Waals surface area contributed by atoms with Gasteiger partial charge in [0.15, 0.2) is 0 Å². The van der Waals surface area contributed by atoms with Crippen LogP contribution in [-0.2, 0) is 0 Å². The van der Waals surface area contributed by atoms with Crippen molar-refractivity contribution in [2.24, 2.45) is 0 Å². The fourth-order valence-corrected chi connectivity index (χ4v) is 2.46. The molecule has 0 unspecified atom stereocenters. The third-order valence-electron chi connectivity index (χ3n) is 3.30. The minimum Gasteiger partial charge on any atom is -0.399 e. The Labute approximate surface area is 129 Å². The largest absolute Gasteiger partial charge is 0.399 e. The van der Waals surface area contributed by atoms with Gasteiger partial charge in [0.1, 0.15) is 0 Å². The molecule has 1 fully saturated rings. The average Bonchev–Trinajstić information content (AvgIpc) is 2.39. The van der Waals surface area contributed by atoms with E-state index >= 15 is 0 Å². The minimum absolute atomic E-state index is 0. The van der Waals surface area contributed by atoms with Crippen molar-refractivity contribution in [1.82, 2.24) is 9.80 Å². The summed E-state index contributed by atoms with van der Waals surface area (Å²) >= 11 is 6.05. The van der Waals surface area contributed by atoms with Crippen LogP contribution in [0.4, 0.5) is 5.69 Å². The lowest BCUT2D eigenvalue weighted by Gasteiger charge is -2.34. The van der Waals surface area contributed by atoms with E-state index in [2.05, 4.69) is 4.90 Å². The Kier molecular flexibility index (Phi) is 6.55. The first-order chi connectivity index (χ1) is 9.11. The maximum Gasteiger partial charge on any atom is 0.255 e. The molecule has 1 aromatic rings. The van der Waals surface area contributed by atoms with Crippen LogP contribution < -0.4 is 5.73 Å². The first-order valence-electron chi connectivity index (χ1n) is 6.29. The summed E-state index contributed by atoms with van der Waals surface area (Å²) in [7, 11) is 0. The molecule has 3 N–H and O–H groups in total. The molecule has 1 aromatic carbocycles. The minimum atomic E-state index is -0.0614. The number of β-amino-alcohol motifs (C(OH)–C–C–N with tert-alkyl or cyclic N) is 1. The number of rotatable bonds is 3. The predicted octanol–water partition coefficient (Wildman–Crippen LogP) is 1.09. The third kappa shape index (κ3) is 3.99. The van der Waals surface area contributed by atoms with Crippen molar-refractivity contribution in [1.29, 1.82) is 0 Å². The van der Waals surface area contributed by atoms with Crippen LogP contribution >= 0.6 is 24.0 Å². The number of anilines is 1. The Bertz CT molecular complexity index is 463. The Balaban J connectivity index is 0.00000200. The van der Waals surface area contributed by atoms with E-state index in [1.165, 1.54) is 0 Å². The second-order valence-corrected chi connectivity index (χ2v) is 5.00. The molecule has 0 bridgehead atoms. The lowest BCUT2D eigenvalue weighted by molar-refractivity contribution is 0.0615. The van der Waals surface area contributed by atoms with Gasteiger partial charge in [0, 0.05) is 38.4 Å². The number of nitrogens with zero attached hydrogens (tertiary/aromatic N) is 2. The number of hydrogen-bond donors (Lipinski definition) is 2. The lowest BCUT2D eigenvalue weighted by atomic mass is 10.1. The SMILES string of the molecule is Cl.Nc1ccc(C(=O)N2CCN(CCO)CC2)c(Cl)c1. The van der Waals surface area contributed by atoms with Crippen LogP contribution in [0.3, 0.4) is 0 Å². The van der Waals surface area contributed by atoms with Gasteiger partial charge in [0.2, 0.25) is 0 Å². The Hall–Kier alpha value is -1.01. The predicted molar refractivity (Wildman–Crippen MR) is 82.5 cm³/mol. The van der Waals surface area contributed by atoms with Gasteiger partial charge >= 0.3 is 0 Å². The summed E-state index contributed by atoms with van der Waals surface area (Å²) in [5, 5.41) is 9.27. The first kappa shape index (κ1) is 17.0. The maximum absolute atomic E-state index is 12.3. The molecule has 0 aromatic heterocycles. The number of aliphatic hydroxyl groups excluding tert-OH is 1. The van der Waals surface area contributed by atoms with Crippen LogP contribution in [0.25, 0.3) is 0 Å². The first-order valence-corrected chi connectivity index (χ1v) is 6.67. The van der Waals surface area contributed by atoms with Crippen molar-refractivity contribution in [3.63, 3.8) is 0 Å². The molecule has 1 saturated heterocycles. The standard InChI is InChI=1S/C13H18ClN3O2.ClH/c14-12-9-10(15)1-2-11(12)13(19)17-5-3-16(4-6-17)7-8-18;/h1-2,9,18H,3-8,15H2;1H. The van der Waals surface area contributed by atoms with Gasteiger partial charge in [0.25, 0.3) is 5.91 Å². The molecule has 1 aliphatic heterocycles. The fraction of sp³-hybridized carbons (Fsp3) is 0.462. The van der Waals surface area contributed by atoms with Crippen LogP contribution in [-0.4, -0.2) is 60.1 Å². The molecule has 2 rings (SSSR count). The second kappa shape index (κ2) is 7.69. The third-order valence-corrected chi connectivity index (χ3v) is 3.61. The van der Waals surface area contributed by atoms with Gasteiger partial charge in [-0.25, -0.2) is 0 Å². The Morgan fingerprint density at radius 2 is 1.95 bits per heavy atom. The van der Waals surface area contributed by atoms with E-state index in [1.54, 1.807) is 23.1 Å². The number of carbonyl (C=O) groups is 1. The van der Waals surface area contributed by atoms with Crippen LogP contribution in [0, 0.1) is 0 Å². The number of nitrogens with two attached hydrogens (primary N) is 1. The van der Waals surface area contributed by atoms with Crippen molar-refractivity contribution < 1.29 is 9.90 Å². The number of nitrogen functional groups attached to an aromatic ring is 1. The van der Waals surface area contributed by atoms with Crippen molar-refractivity contribution in [2.45, 2.75) is 0 Å². The molecule has 5 nitrogen and oxygen atoms in total. The number of carbonyl (C=O) groups excluding carboxylic acids is 1. The number of halogens is 2. The van der Waals surface area contributed by atoms with Crippen molar-refractivity contribution in [3.05, 3.63) is 28.8 Å². The number of hydrogen-bond acceptors (Lipinski definition) is 4. The van der Waals surface area contributed by atoms with Crippen LogP contribution in [0.1, 0.15) is 10.4 Å². The number of benzene rings is 1. The molecule has 0 saturated carbocycles. The summed E-state index contributed by atoms with van der Waals surface area (Å²) in [4.78, 5) is 16.2. The molecule has 1 heterocycles. The van der Waals surface area contributed by atoms with Gasteiger partial charge in [0.05, 0.1) is 17.2 Å². The molecule has 0 aliphatic carbocycles. The topological polar surface area (TPSA) is 69.8 Å². The van der Waals surface area contributed by atoms with Gasteiger partial charge in [-0.05, 0) is 18.2 Å². The Morgan fingerprint density at radius 3 is 2.50 bits per heavy atom. The lowest BCUT2D eigenvalue weighted by Crippen LogP contribution is -2.49. The Morgan fingerprint density at radius 1 is 1.30 bits per heavy atom. The second-order valence-electron chi connectivity index (χ2n) is 4.60. The van der Waals surface area contributed by atoms with Crippen molar-refractivity contribution >= 4 is 35.6 Å². The van der Waals surface area contributed by atoms with Crippen molar-refractivity contribution in [3.8, 4) is 0 Å². The van der Waals surface area contributed by atoms with E-state index in [0.29, 0.717) is 35.9 Å². The summed E-state index contributed by atoms with van der Waals surface area (Å²) in [6, 6.07) is 4.94. The summed E-state index contributed by atoms with van der Waals surface area (Å²) in [6.07, 6.45) is 0. The summed E-state index contributed by atoms with van der Waals surface area (Å²) in [5.41, 5.74) is 6.66. The summed E-state index contributed by atoms with van der Waals surface area (Å²) in [6.45, 7) is 3.67. The van der Waals surface area contributed by atoms with Gasteiger partial charge in [-0.2, -0.15) is 0 Å². The highest BCUT2D eigenvalue weighted by Crippen LogP contribution is 2.21. The molecule has 112 valence electrons. The van der Waals surface area contributed by atoms with Gasteiger partial charge in [-0.15, -0.1) is 12.4 Å². The molecular formula is C13H19Cl2N3O2. The number of aliphatic hydroxyl groups is 1. The zero-order valence-electron chi connectivity index (χ0n) is 11.1. The molecule has 1 aliphatic rings. The number of amides is 1. The summed E-state index contributed by atoms with van der Waals surface area (Å²) < 4.78 is 0. The normalized spacial score (nSPS) is 15.8. The highest BCUT2D eigenvalue weighted by molar-refractivity contribution is 6.34. The number of piperazine rings is 1. The van der Waals surface area contributed by atoms with E-state index in [9.17, 15) is 4.79 Å². The van der Waals surface area contributed by atoms with E-state index in [0.717, 1.165) is 13.1 Å². The zero-order chi connectivity index (χ0) is 13.8. The van der Waals surface area contributed by atoms with Crippen LogP contribution in [0.2, 0.25) is 5.02 Å². The maximum atomic E-state index is 12.3. The smallest absolute Gasteiger partial charge is 0.255 e. The van der Waals surface area contributed by atoms with Gasteiger partial charge in [-0.1, -0.05) is 11.6 Å². The monoisotopic (exact) mass is 319 g/mol. The highest BCUT2D eigenvalue weighted by atomic mass is 35.5. The molecule has 0 radical (unpaired) electrons. The molecule has 20 heavy (non-hydrogen) atoms. The molecule has 1 amide bonds. The van der Waals surface area contributed by atoms with E-state index < -0.39 is 0 Å². The van der Waals surface area contributed by atoms with E-state index in [-0.39, 0.29) is 24.9 Å². The fourth-order valence-electron chi connectivity index (χ4n) is 2.19. The van der Waals surface area contributed by atoms with Crippen molar-refractivity contribution in [2.75, 3.05) is 45.1 Å². The summed E-state index contributed by atoms with van der Waals surface area (Å²) in [5.74, 6) is -0.0614. The highest BCUT2D eigenvalue weighted by Gasteiger charge is 2.23. The van der Waals surface area contributed by atoms with Crippen LogP contribution in [0.5, 0.6) is 0 Å². The van der Waals surface area contributed by atoms with Crippen LogP contribution in [0.15, 0.2) is 18.2 Å². The average molecular weight is 320 g/mol. The van der Waals surface area contributed by atoms with Gasteiger partial charge < -0.3 is 15.7 Å². The molecule has 7 heteroatoms. The van der Waals surface area contributed by atoms with E-state index in [4.69, 9.17) is 22.4 Å². The quantitative estimate of drug-likeness (QED) is 0.818. The zero-order valence-corrected chi connectivity index (χ0v) is 12.7. The molecule has 0 atom stereocenters. The van der Waals surface area contributed by atoms with Gasteiger partial charge in [-0.3, -0.25) is 9.69 Å². The van der Waals surface area contributed by atoms with E-state index in [1.807, 2.05) is 0 Å².